The summed E-state index contributed by atoms with van der Waals surface area (Å²) in [5.74, 6) is 1.09. The van der Waals surface area contributed by atoms with Gasteiger partial charge in [0.15, 0.2) is 11.5 Å². The van der Waals surface area contributed by atoms with E-state index in [1.165, 1.54) is 4.90 Å². The fourth-order valence-corrected chi connectivity index (χ4v) is 3.57. The van der Waals surface area contributed by atoms with Gasteiger partial charge in [0.25, 0.3) is 5.91 Å². The minimum Gasteiger partial charge on any atom is -0.489 e. The van der Waals surface area contributed by atoms with E-state index in [0.717, 1.165) is 17.5 Å². The molecule has 0 unspecified atom stereocenters. The van der Waals surface area contributed by atoms with E-state index in [-0.39, 0.29) is 18.2 Å². The third-order valence-electron chi connectivity index (χ3n) is 4.93. The highest BCUT2D eigenvalue weighted by molar-refractivity contribution is 6.32. The second kappa shape index (κ2) is 9.85. The van der Waals surface area contributed by atoms with Crippen molar-refractivity contribution in [2.24, 2.45) is 0 Å². The van der Waals surface area contributed by atoms with Crippen LogP contribution in [0.5, 0.6) is 11.5 Å². The van der Waals surface area contributed by atoms with E-state index in [2.05, 4.69) is 0 Å². The average molecular weight is 431 g/mol. The summed E-state index contributed by atoms with van der Waals surface area (Å²) in [6, 6.07) is 11.0. The summed E-state index contributed by atoms with van der Waals surface area (Å²) in [6.45, 7) is 4.13. The summed E-state index contributed by atoms with van der Waals surface area (Å²) in [7, 11) is 3.44. The monoisotopic (exact) mass is 430 g/mol. The molecule has 0 aromatic heterocycles. The highest BCUT2D eigenvalue weighted by Crippen LogP contribution is 2.38. The Morgan fingerprint density at radius 3 is 2.40 bits per heavy atom. The van der Waals surface area contributed by atoms with Gasteiger partial charge in [0, 0.05) is 39.2 Å². The van der Waals surface area contributed by atoms with Crippen LogP contribution in [0, 0.1) is 0 Å². The van der Waals surface area contributed by atoms with Crippen molar-refractivity contribution < 1.29 is 19.1 Å². The highest BCUT2D eigenvalue weighted by Gasteiger charge is 2.19. The van der Waals surface area contributed by atoms with Crippen LogP contribution in [-0.2, 0) is 17.8 Å². The van der Waals surface area contributed by atoms with Crippen LogP contribution in [0.25, 0.3) is 0 Å². The number of amides is 2. The Kier molecular flexibility index (Phi) is 7.21. The third kappa shape index (κ3) is 5.25. The molecule has 6 nitrogen and oxygen atoms in total. The number of carbonyl (C=O) groups excluding carboxylic acids is 2. The molecule has 0 radical (unpaired) electrons. The van der Waals surface area contributed by atoms with Crippen LogP contribution in [-0.4, -0.2) is 55.5 Å². The number of likely N-dealkylation sites (N-methyl/N-ethyl adjacent to an activating group) is 1. The summed E-state index contributed by atoms with van der Waals surface area (Å²) in [5, 5.41) is 0.460. The van der Waals surface area contributed by atoms with Gasteiger partial charge in [-0.05, 0) is 42.3 Å². The van der Waals surface area contributed by atoms with E-state index in [1.807, 2.05) is 25.1 Å². The zero-order valence-electron chi connectivity index (χ0n) is 17.6. The van der Waals surface area contributed by atoms with Crippen LogP contribution in [0.4, 0.5) is 0 Å². The topological polar surface area (TPSA) is 59.1 Å². The van der Waals surface area contributed by atoms with E-state index in [0.29, 0.717) is 48.4 Å². The molecule has 1 aliphatic rings. The SMILES string of the molecule is CCN(Cc1ccc(C(=O)N(C)C)cc1)C(=O)Cc1cc(Cl)c2c(c1)OCCCO2. The Morgan fingerprint density at radius 1 is 1.03 bits per heavy atom. The van der Waals surface area contributed by atoms with Crippen molar-refractivity contribution in [2.75, 3.05) is 33.9 Å². The van der Waals surface area contributed by atoms with E-state index in [9.17, 15) is 9.59 Å². The lowest BCUT2D eigenvalue weighted by atomic mass is 10.1. The van der Waals surface area contributed by atoms with Gasteiger partial charge in [-0.15, -0.1) is 0 Å². The maximum Gasteiger partial charge on any atom is 0.253 e. The maximum absolute atomic E-state index is 12.9. The molecule has 0 saturated heterocycles. The van der Waals surface area contributed by atoms with E-state index in [1.54, 1.807) is 37.2 Å². The minimum absolute atomic E-state index is 0.00324. The third-order valence-corrected chi connectivity index (χ3v) is 5.21. The van der Waals surface area contributed by atoms with Gasteiger partial charge in [0.05, 0.1) is 24.7 Å². The smallest absolute Gasteiger partial charge is 0.253 e. The Bertz CT molecular complexity index is 912. The molecule has 0 fully saturated rings. The molecule has 1 aliphatic heterocycles. The van der Waals surface area contributed by atoms with Crippen molar-refractivity contribution in [3.05, 3.63) is 58.1 Å². The number of halogens is 1. The van der Waals surface area contributed by atoms with E-state index >= 15 is 0 Å². The molecule has 0 atom stereocenters. The van der Waals surface area contributed by atoms with Crippen molar-refractivity contribution in [2.45, 2.75) is 26.3 Å². The normalized spacial score (nSPS) is 12.8. The number of nitrogens with zero attached hydrogens (tertiary/aromatic N) is 2. The Balaban J connectivity index is 1.69. The summed E-state index contributed by atoms with van der Waals surface area (Å²) < 4.78 is 11.4. The van der Waals surface area contributed by atoms with Gasteiger partial charge in [0.2, 0.25) is 5.91 Å². The molecular weight excluding hydrogens is 404 g/mol. The molecule has 0 saturated carbocycles. The minimum atomic E-state index is -0.0451. The quantitative estimate of drug-likeness (QED) is 0.699. The van der Waals surface area contributed by atoms with Gasteiger partial charge in [0.1, 0.15) is 0 Å². The van der Waals surface area contributed by atoms with Gasteiger partial charge in [-0.2, -0.15) is 0 Å². The van der Waals surface area contributed by atoms with Gasteiger partial charge in [-0.3, -0.25) is 9.59 Å². The summed E-state index contributed by atoms with van der Waals surface area (Å²) in [6.07, 6.45) is 1.02. The van der Waals surface area contributed by atoms with Crippen LogP contribution in [0.2, 0.25) is 5.02 Å². The zero-order valence-corrected chi connectivity index (χ0v) is 18.4. The fraction of sp³-hybridized carbons (Fsp3) is 0.391. The van der Waals surface area contributed by atoms with E-state index < -0.39 is 0 Å². The molecule has 0 aliphatic carbocycles. The maximum atomic E-state index is 12.9. The summed E-state index contributed by atoms with van der Waals surface area (Å²) in [4.78, 5) is 28.3. The summed E-state index contributed by atoms with van der Waals surface area (Å²) in [5.41, 5.74) is 2.39. The van der Waals surface area contributed by atoms with Crippen molar-refractivity contribution in [1.29, 1.82) is 0 Å². The number of carbonyl (C=O) groups is 2. The molecule has 160 valence electrons. The van der Waals surface area contributed by atoms with Gasteiger partial charge in [-0.1, -0.05) is 23.7 Å². The molecule has 7 heteroatoms. The number of rotatable bonds is 6. The standard InChI is InChI=1S/C23H27ClN2O4/c1-4-26(15-16-6-8-18(9-7-16)23(28)25(2)3)21(27)14-17-12-19(24)22-20(13-17)29-10-5-11-30-22/h6-9,12-13H,4-5,10-11,14-15H2,1-3H3. The Morgan fingerprint density at radius 2 is 1.73 bits per heavy atom. The first kappa shape index (κ1) is 22.0. The molecule has 0 spiro atoms. The van der Waals surface area contributed by atoms with Crippen molar-refractivity contribution >= 4 is 23.4 Å². The van der Waals surface area contributed by atoms with Crippen molar-refractivity contribution in [3.63, 3.8) is 0 Å². The van der Waals surface area contributed by atoms with Crippen molar-refractivity contribution in [1.82, 2.24) is 9.80 Å². The summed E-state index contributed by atoms with van der Waals surface area (Å²) >= 11 is 6.35. The first-order chi connectivity index (χ1) is 14.4. The van der Waals surface area contributed by atoms with Gasteiger partial charge in [-0.25, -0.2) is 0 Å². The second-order valence-electron chi connectivity index (χ2n) is 7.44. The lowest BCUT2D eigenvalue weighted by Crippen LogP contribution is -2.31. The predicted octanol–water partition coefficient (Wildman–Crippen LogP) is 3.79. The van der Waals surface area contributed by atoms with Crippen LogP contribution < -0.4 is 9.47 Å². The van der Waals surface area contributed by atoms with Crippen molar-refractivity contribution in [3.8, 4) is 11.5 Å². The largest absolute Gasteiger partial charge is 0.489 e. The molecule has 2 aromatic rings. The number of ether oxygens (including phenoxy) is 2. The second-order valence-corrected chi connectivity index (χ2v) is 7.84. The fourth-order valence-electron chi connectivity index (χ4n) is 3.28. The Hall–Kier alpha value is -2.73. The average Bonchev–Trinajstić information content (AvgIpc) is 2.97. The van der Waals surface area contributed by atoms with Crippen LogP contribution in [0.1, 0.15) is 34.8 Å². The molecule has 2 aromatic carbocycles. The first-order valence-corrected chi connectivity index (χ1v) is 10.4. The van der Waals surface area contributed by atoms with Gasteiger partial charge >= 0.3 is 0 Å². The van der Waals surface area contributed by atoms with Crippen LogP contribution in [0.15, 0.2) is 36.4 Å². The molecule has 2 amide bonds. The highest BCUT2D eigenvalue weighted by atomic mass is 35.5. The van der Waals surface area contributed by atoms with Crippen LogP contribution >= 0.6 is 11.6 Å². The first-order valence-electron chi connectivity index (χ1n) is 10.1. The number of fused-ring (bicyclic) bond motifs is 1. The molecule has 0 N–H and O–H groups in total. The molecule has 3 rings (SSSR count). The molecule has 1 heterocycles. The zero-order chi connectivity index (χ0) is 21.7. The number of hydrogen-bond acceptors (Lipinski definition) is 4. The number of benzene rings is 2. The lowest BCUT2D eigenvalue weighted by molar-refractivity contribution is -0.130. The number of hydrogen-bond donors (Lipinski definition) is 0. The lowest BCUT2D eigenvalue weighted by Gasteiger charge is -2.22. The molecule has 30 heavy (non-hydrogen) atoms. The van der Waals surface area contributed by atoms with Gasteiger partial charge < -0.3 is 19.3 Å². The molecular formula is C23H27ClN2O4. The van der Waals surface area contributed by atoms with E-state index in [4.69, 9.17) is 21.1 Å². The van der Waals surface area contributed by atoms with Crippen LogP contribution in [0.3, 0.4) is 0 Å². The Labute approximate surface area is 182 Å². The predicted molar refractivity (Wildman–Crippen MR) is 116 cm³/mol. The molecule has 0 bridgehead atoms.